The monoisotopic (exact) mass is 396 g/mol. The summed E-state index contributed by atoms with van der Waals surface area (Å²) in [7, 11) is 0. The van der Waals surface area contributed by atoms with E-state index in [1.54, 1.807) is 9.80 Å². The molecule has 0 fully saturated rings. The Hall–Kier alpha value is -0.140. The van der Waals surface area contributed by atoms with Gasteiger partial charge in [0.15, 0.2) is 0 Å². The van der Waals surface area contributed by atoms with E-state index >= 15 is 0 Å². The van der Waals surface area contributed by atoms with Crippen molar-refractivity contribution >= 4 is 41.4 Å². The first kappa shape index (κ1) is 29.1. The fourth-order valence-electron chi connectivity index (χ4n) is 3.07. The first-order chi connectivity index (χ1) is 12.5. The van der Waals surface area contributed by atoms with Crippen LogP contribution in [-0.4, -0.2) is 101 Å². The number of amides is 1. The van der Waals surface area contributed by atoms with Crippen LogP contribution < -0.4 is 0 Å². The second-order valence-corrected chi connectivity index (χ2v) is 6.95. The van der Waals surface area contributed by atoms with Crippen LogP contribution >= 0.6 is 0 Å². The molecule has 0 atom stereocenters. The molecule has 156 valence electrons. The predicted octanol–water partition coefficient (Wildman–Crippen LogP) is 2.49. The molecule has 0 radical (unpaired) electrons. The molecule has 2 N–H and O–H groups in total. The molecule has 0 aromatic rings. The Labute approximate surface area is 188 Å². The van der Waals surface area contributed by atoms with Gasteiger partial charge in [-0.3, -0.25) is 14.5 Å². The molecule has 0 saturated carbocycles. The summed E-state index contributed by atoms with van der Waals surface area (Å²) in [5.74, 6) is -0.766. The zero-order valence-corrected chi connectivity index (χ0v) is 16.9. The first-order valence-corrected chi connectivity index (χ1v) is 10.4. The summed E-state index contributed by atoms with van der Waals surface area (Å²) in [5, 5.41) is 17.9. The zero-order chi connectivity index (χ0) is 19.6. The van der Waals surface area contributed by atoms with E-state index in [0.29, 0.717) is 32.6 Å². The van der Waals surface area contributed by atoms with Crippen molar-refractivity contribution in [2.75, 3.05) is 39.3 Å². The van der Waals surface area contributed by atoms with E-state index in [1.165, 1.54) is 44.9 Å². The summed E-state index contributed by atoms with van der Waals surface area (Å²) in [6.07, 6.45) is 11.7. The number of carbonyl (C=O) groups excluding carboxylic acids is 1. The van der Waals surface area contributed by atoms with Gasteiger partial charge in [0.2, 0.25) is 5.91 Å². The Morgan fingerprint density at radius 3 is 1.85 bits per heavy atom. The maximum absolute atomic E-state index is 12.3. The van der Waals surface area contributed by atoms with Crippen LogP contribution in [0.4, 0.5) is 0 Å². The van der Waals surface area contributed by atoms with Gasteiger partial charge >= 0.3 is 35.5 Å². The Balaban J connectivity index is 0. The number of nitrogens with zero attached hydrogens (tertiary/aromatic N) is 2. The van der Waals surface area contributed by atoms with E-state index in [-0.39, 0.29) is 48.6 Å². The molecule has 0 aliphatic carbocycles. The molecular weight excluding hydrogens is 355 g/mol. The van der Waals surface area contributed by atoms with Crippen LogP contribution in [-0.2, 0) is 9.59 Å². The predicted molar refractivity (Wildman–Crippen MR) is 112 cm³/mol. The molecule has 0 aromatic heterocycles. The number of carboxylic acids is 1. The second kappa shape index (κ2) is 20.6. The van der Waals surface area contributed by atoms with E-state index in [2.05, 4.69) is 6.92 Å². The van der Waals surface area contributed by atoms with E-state index in [9.17, 15) is 9.59 Å². The maximum atomic E-state index is 12.3. The fraction of sp³-hybridized carbons (Fsp3) is 0.900. The van der Waals surface area contributed by atoms with E-state index < -0.39 is 5.97 Å². The number of aliphatic carboxylic acids is 1. The van der Waals surface area contributed by atoms with Gasteiger partial charge in [0.25, 0.3) is 0 Å². The minimum atomic E-state index is -0.914. The quantitative estimate of drug-likeness (QED) is 0.275. The summed E-state index contributed by atoms with van der Waals surface area (Å²) >= 11 is 0. The van der Waals surface area contributed by atoms with Crippen LogP contribution in [0.3, 0.4) is 0 Å². The van der Waals surface area contributed by atoms with Crippen molar-refractivity contribution in [2.45, 2.75) is 78.1 Å². The van der Waals surface area contributed by atoms with Crippen molar-refractivity contribution in [2.24, 2.45) is 0 Å². The van der Waals surface area contributed by atoms with Gasteiger partial charge < -0.3 is 15.1 Å². The van der Waals surface area contributed by atoms with Gasteiger partial charge in [-0.25, -0.2) is 0 Å². The van der Waals surface area contributed by atoms with Gasteiger partial charge in [-0.15, -0.1) is 0 Å². The number of hydrogen-bond acceptors (Lipinski definition) is 4. The standard InChI is InChI=1S/C20H40N2O4.Na.H/c1-3-5-6-7-8-9-10-11-12-13-19(24)22(4-2)15-14-21(16-17-23)18-20(25)26;;/h23H,3-18H2,1-2H3,(H,25,26);;. The average molecular weight is 397 g/mol. The number of hydrogen-bond donors (Lipinski definition) is 2. The topological polar surface area (TPSA) is 81.1 Å². The summed E-state index contributed by atoms with van der Waals surface area (Å²) < 4.78 is 0. The Bertz CT molecular complexity index is 370. The zero-order valence-electron chi connectivity index (χ0n) is 16.9. The van der Waals surface area contributed by atoms with Gasteiger partial charge in [-0.1, -0.05) is 58.3 Å². The van der Waals surface area contributed by atoms with Crippen molar-refractivity contribution in [3.63, 3.8) is 0 Å². The number of rotatable bonds is 18. The molecule has 0 unspecified atom stereocenters. The molecule has 0 aromatic carbocycles. The Morgan fingerprint density at radius 2 is 1.37 bits per heavy atom. The molecule has 0 rings (SSSR count). The number of carboxylic acid groups (broad SMARTS) is 1. The number of carbonyl (C=O) groups is 2. The first-order valence-electron chi connectivity index (χ1n) is 10.4. The summed E-state index contributed by atoms with van der Waals surface area (Å²) in [6.45, 7) is 5.93. The third-order valence-electron chi connectivity index (χ3n) is 4.69. The molecule has 0 saturated heterocycles. The van der Waals surface area contributed by atoms with Crippen LogP contribution in [0.5, 0.6) is 0 Å². The number of unbranched alkanes of at least 4 members (excludes halogenated alkanes) is 8. The van der Waals surface area contributed by atoms with Crippen LogP contribution in [0.2, 0.25) is 0 Å². The molecule has 7 heteroatoms. The number of aliphatic hydroxyl groups excluding tert-OH is 1. The van der Waals surface area contributed by atoms with Crippen molar-refractivity contribution in [3.8, 4) is 0 Å². The molecule has 27 heavy (non-hydrogen) atoms. The summed E-state index contributed by atoms with van der Waals surface area (Å²) in [5.41, 5.74) is 0. The third-order valence-corrected chi connectivity index (χ3v) is 4.69. The summed E-state index contributed by atoms with van der Waals surface area (Å²) in [6, 6.07) is 0. The molecule has 0 spiro atoms. The van der Waals surface area contributed by atoms with Crippen molar-refractivity contribution in [1.29, 1.82) is 0 Å². The van der Waals surface area contributed by atoms with Gasteiger partial charge in [0, 0.05) is 32.6 Å². The second-order valence-electron chi connectivity index (χ2n) is 6.95. The van der Waals surface area contributed by atoms with Crippen LogP contribution in [0.1, 0.15) is 78.1 Å². The number of aliphatic hydroxyl groups is 1. The van der Waals surface area contributed by atoms with E-state index in [0.717, 1.165) is 12.8 Å². The average Bonchev–Trinajstić information content (AvgIpc) is 2.60. The van der Waals surface area contributed by atoms with Gasteiger partial charge in [0.1, 0.15) is 0 Å². The molecule has 6 nitrogen and oxygen atoms in total. The van der Waals surface area contributed by atoms with Gasteiger partial charge in [-0.2, -0.15) is 0 Å². The SMILES string of the molecule is CCCCCCCCCCCC(=O)N(CC)CCN(CCO)CC(=O)O.[NaH]. The number of likely N-dealkylation sites (N-methyl/N-ethyl adjacent to an activating group) is 1. The van der Waals surface area contributed by atoms with Crippen LogP contribution in [0.25, 0.3) is 0 Å². The molecule has 0 aliphatic rings. The van der Waals surface area contributed by atoms with Crippen LogP contribution in [0, 0.1) is 0 Å². The minimum absolute atomic E-state index is 0. The normalized spacial score (nSPS) is 10.7. The molecular formula is C20H41N2NaO4. The molecule has 0 bridgehead atoms. The van der Waals surface area contributed by atoms with E-state index in [4.69, 9.17) is 10.2 Å². The Morgan fingerprint density at radius 1 is 0.815 bits per heavy atom. The van der Waals surface area contributed by atoms with Gasteiger partial charge in [0.05, 0.1) is 13.2 Å². The third kappa shape index (κ3) is 17.7. The Kier molecular flexibility index (Phi) is 22.2. The van der Waals surface area contributed by atoms with Crippen LogP contribution in [0.15, 0.2) is 0 Å². The van der Waals surface area contributed by atoms with E-state index in [1.807, 2.05) is 6.92 Å². The van der Waals surface area contributed by atoms with Crippen molar-refractivity contribution in [3.05, 3.63) is 0 Å². The molecule has 1 amide bonds. The molecule has 0 heterocycles. The van der Waals surface area contributed by atoms with Gasteiger partial charge in [-0.05, 0) is 13.3 Å². The van der Waals surface area contributed by atoms with Crippen molar-refractivity contribution < 1.29 is 19.8 Å². The summed E-state index contributed by atoms with van der Waals surface area (Å²) in [4.78, 5) is 26.6. The van der Waals surface area contributed by atoms with Crippen molar-refractivity contribution in [1.82, 2.24) is 9.80 Å². The fourth-order valence-corrected chi connectivity index (χ4v) is 3.07. The molecule has 0 aliphatic heterocycles.